The van der Waals surface area contributed by atoms with Crippen molar-refractivity contribution in [2.24, 2.45) is 0 Å². The maximum absolute atomic E-state index is 12.7. The van der Waals surface area contributed by atoms with Crippen molar-refractivity contribution in [3.63, 3.8) is 0 Å². The Hall–Kier alpha value is -1.86. The van der Waals surface area contributed by atoms with Crippen molar-refractivity contribution in [2.45, 2.75) is 108 Å². The molecule has 8 atom stereocenters. The van der Waals surface area contributed by atoms with Crippen LogP contribution in [-0.2, 0) is 42.7 Å². The molecule has 11 heteroatoms. The normalized spacial score (nSPS) is 37.7. The van der Waals surface area contributed by atoms with E-state index in [0.29, 0.717) is 17.8 Å². The summed E-state index contributed by atoms with van der Waals surface area (Å²) in [4.78, 5) is 25.4. The average molecular weight is 526 g/mol. The van der Waals surface area contributed by atoms with Crippen LogP contribution in [0.25, 0.3) is 0 Å². The topological polar surface area (TPSA) is 131 Å². The van der Waals surface area contributed by atoms with Crippen molar-refractivity contribution in [3.05, 3.63) is 23.3 Å². The van der Waals surface area contributed by atoms with Gasteiger partial charge >= 0.3 is 5.97 Å². The monoisotopic (exact) mass is 525 g/mol. The van der Waals surface area contributed by atoms with Gasteiger partial charge in [-0.15, -0.1) is 0 Å². The fourth-order valence-corrected chi connectivity index (χ4v) is 5.27. The number of amides is 1. The fraction of sp³-hybridized carbons (Fsp3) is 0.769. The van der Waals surface area contributed by atoms with E-state index in [1.54, 1.807) is 39.8 Å². The Labute approximate surface area is 217 Å². The van der Waals surface area contributed by atoms with Crippen LogP contribution in [-0.4, -0.2) is 98.2 Å². The molecule has 2 aliphatic carbocycles. The van der Waals surface area contributed by atoms with E-state index in [-0.39, 0.29) is 5.91 Å². The lowest BCUT2D eigenvalue weighted by Crippen LogP contribution is -2.56. The van der Waals surface area contributed by atoms with Gasteiger partial charge in [0.15, 0.2) is 11.6 Å². The number of aliphatic hydroxyl groups excluding tert-OH is 1. The minimum absolute atomic E-state index is 0.291. The number of esters is 1. The molecule has 0 spiro atoms. The minimum Gasteiger partial charge on any atom is -0.466 e. The van der Waals surface area contributed by atoms with Crippen LogP contribution in [0.1, 0.15) is 47.5 Å². The second-order valence-electron chi connectivity index (χ2n) is 10.6. The zero-order chi connectivity index (χ0) is 27.1. The molecule has 0 aromatic rings. The standard InChI is InChI=1S/C26H39NO10/c1-8-9-10-32-16-12-14(24(30)31-7)19-22(37-26(4,5)35-19)20(16)33-15-11-13(23(29)27-6)18-21(17(15)28)36-25(2,3)34-18/h11-12,15-22,28H,8-10H2,1-7H3,(H,27,29)/t15-,16-,17+,18+,19+,20+,21-,22+/m0/s1. The number of fused-ring (bicyclic) bond motifs is 2. The second kappa shape index (κ2) is 10.7. The first-order valence-electron chi connectivity index (χ1n) is 12.8. The Bertz CT molecular complexity index is 944. The lowest BCUT2D eigenvalue weighted by molar-refractivity contribution is -0.197. The quantitative estimate of drug-likeness (QED) is 0.351. The van der Waals surface area contributed by atoms with Gasteiger partial charge in [-0.3, -0.25) is 4.79 Å². The molecular weight excluding hydrogens is 486 g/mol. The number of nitrogens with one attached hydrogen (secondary N) is 1. The molecule has 2 N–H and O–H groups in total. The summed E-state index contributed by atoms with van der Waals surface area (Å²) in [5.74, 6) is -2.90. The molecule has 2 aliphatic heterocycles. The molecule has 0 radical (unpaired) electrons. The largest absolute Gasteiger partial charge is 0.466 e. The molecule has 2 fully saturated rings. The molecule has 0 aromatic heterocycles. The van der Waals surface area contributed by atoms with Crippen LogP contribution in [0.4, 0.5) is 0 Å². The van der Waals surface area contributed by atoms with Crippen molar-refractivity contribution in [1.82, 2.24) is 5.32 Å². The highest BCUT2D eigenvalue weighted by molar-refractivity contribution is 5.94. The first kappa shape index (κ1) is 28.2. The molecule has 0 bridgehead atoms. The Morgan fingerprint density at radius 1 is 0.973 bits per heavy atom. The highest BCUT2D eigenvalue weighted by Crippen LogP contribution is 2.43. The molecule has 0 aromatic carbocycles. The minimum atomic E-state index is -1.14. The molecule has 1 amide bonds. The number of ether oxygens (including phenoxy) is 7. The third kappa shape index (κ3) is 5.63. The number of unbranched alkanes of at least 4 members (excludes halogenated alkanes) is 1. The third-order valence-corrected chi connectivity index (χ3v) is 6.91. The van der Waals surface area contributed by atoms with Crippen molar-refractivity contribution in [3.8, 4) is 0 Å². The Kier molecular flexibility index (Phi) is 8.16. The van der Waals surface area contributed by atoms with Gasteiger partial charge in [0, 0.05) is 19.2 Å². The molecule has 0 unspecified atom stereocenters. The molecule has 4 aliphatic rings. The van der Waals surface area contributed by atoms with E-state index < -0.39 is 66.4 Å². The van der Waals surface area contributed by atoms with Crippen LogP contribution in [0.2, 0.25) is 0 Å². The average Bonchev–Trinajstić information content (AvgIpc) is 3.35. The summed E-state index contributed by atoms with van der Waals surface area (Å²) in [6.45, 7) is 9.42. The zero-order valence-corrected chi connectivity index (χ0v) is 22.5. The Morgan fingerprint density at radius 2 is 1.57 bits per heavy atom. The summed E-state index contributed by atoms with van der Waals surface area (Å²) in [6.07, 6.45) is -1.70. The zero-order valence-electron chi connectivity index (χ0n) is 22.5. The van der Waals surface area contributed by atoms with Gasteiger partial charge in [0.05, 0.1) is 12.7 Å². The van der Waals surface area contributed by atoms with E-state index in [1.807, 2.05) is 6.92 Å². The van der Waals surface area contributed by atoms with Crippen LogP contribution in [0.3, 0.4) is 0 Å². The van der Waals surface area contributed by atoms with E-state index in [1.165, 1.54) is 14.2 Å². The van der Waals surface area contributed by atoms with Gasteiger partial charge in [0.1, 0.15) is 48.8 Å². The second-order valence-corrected chi connectivity index (χ2v) is 10.6. The number of aliphatic hydroxyl groups is 1. The van der Waals surface area contributed by atoms with Gasteiger partial charge in [-0.05, 0) is 46.3 Å². The number of hydrogen-bond acceptors (Lipinski definition) is 10. The van der Waals surface area contributed by atoms with E-state index in [4.69, 9.17) is 33.2 Å². The smallest absolute Gasteiger partial charge is 0.336 e. The van der Waals surface area contributed by atoms with Crippen molar-refractivity contribution in [2.75, 3.05) is 20.8 Å². The molecule has 2 saturated heterocycles. The van der Waals surface area contributed by atoms with Crippen LogP contribution in [0.5, 0.6) is 0 Å². The lowest BCUT2D eigenvalue weighted by Gasteiger charge is -2.40. The van der Waals surface area contributed by atoms with Gasteiger partial charge in [-0.25, -0.2) is 4.79 Å². The summed E-state index contributed by atoms with van der Waals surface area (Å²) in [7, 11) is 2.83. The number of methoxy groups -OCH3 is 1. The van der Waals surface area contributed by atoms with Crippen molar-refractivity contribution in [1.29, 1.82) is 0 Å². The third-order valence-electron chi connectivity index (χ3n) is 6.91. The summed E-state index contributed by atoms with van der Waals surface area (Å²) in [5.41, 5.74) is 0.596. The molecule has 11 nitrogen and oxygen atoms in total. The SMILES string of the molecule is CCCCO[C@H]1C=C(C(=O)OC)[C@H]2OC(C)(C)O[C@H]2[C@@H]1O[C@H]1C=C(C(=O)NC)[C@H]2OC(C)(C)O[C@H]2[C@@H]1O. The number of carbonyl (C=O) groups is 2. The summed E-state index contributed by atoms with van der Waals surface area (Å²) in [6, 6.07) is 0. The first-order chi connectivity index (χ1) is 17.4. The predicted octanol–water partition coefficient (Wildman–Crippen LogP) is 1.13. The van der Waals surface area contributed by atoms with Gasteiger partial charge in [0.2, 0.25) is 5.91 Å². The number of hydrogen-bond donors (Lipinski definition) is 2. The van der Waals surface area contributed by atoms with Gasteiger partial charge in [-0.2, -0.15) is 0 Å². The van der Waals surface area contributed by atoms with Gasteiger partial charge in [0.25, 0.3) is 0 Å². The summed E-state index contributed by atoms with van der Waals surface area (Å²) in [5, 5.41) is 13.9. The molecule has 4 rings (SSSR count). The first-order valence-corrected chi connectivity index (χ1v) is 12.8. The Balaban J connectivity index is 1.69. The van der Waals surface area contributed by atoms with Gasteiger partial charge in [-0.1, -0.05) is 13.3 Å². The maximum Gasteiger partial charge on any atom is 0.336 e. The van der Waals surface area contributed by atoms with Crippen LogP contribution >= 0.6 is 0 Å². The van der Waals surface area contributed by atoms with E-state index >= 15 is 0 Å². The van der Waals surface area contributed by atoms with E-state index in [0.717, 1.165) is 12.8 Å². The van der Waals surface area contributed by atoms with E-state index in [2.05, 4.69) is 5.32 Å². The Morgan fingerprint density at radius 3 is 2.16 bits per heavy atom. The van der Waals surface area contributed by atoms with Crippen molar-refractivity contribution < 1.29 is 47.9 Å². The fourth-order valence-electron chi connectivity index (χ4n) is 5.27. The number of likely N-dealkylation sites (N-methyl/N-ethyl adjacent to an activating group) is 1. The summed E-state index contributed by atoms with van der Waals surface area (Å²) < 4.78 is 41.8. The molecule has 2 heterocycles. The number of rotatable bonds is 8. The number of carbonyl (C=O) groups excluding carboxylic acids is 2. The van der Waals surface area contributed by atoms with Gasteiger partial charge < -0.3 is 43.6 Å². The highest BCUT2D eigenvalue weighted by Gasteiger charge is 2.57. The summed E-state index contributed by atoms with van der Waals surface area (Å²) >= 11 is 0. The van der Waals surface area contributed by atoms with Crippen molar-refractivity contribution >= 4 is 11.9 Å². The van der Waals surface area contributed by atoms with Crippen LogP contribution in [0.15, 0.2) is 23.3 Å². The van der Waals surface area contributed by atoms with Crippen LogP contribution < -0.4 is 5.32 Å². The highest BCUT2D eigenvalue weighted by atomic mass is 16.8. The molecular formula is C26H39NO10. The molecule has 0 saturated carbocycles. The maximum atomic E-state index is 12.7. The molecule has 37 heavy (non-hydrogen) atoms. The van der Waals surface area contributed by atoms with E-state index in [9.17, 15) is 14.7 Å². The predicted molar refractivity (Wildman–Crippen MR) is 129 cm³/mol. The molecule has 208 valence electrons. The lowest BCUT2D eigenvalue weighted by atomic mass is 9.86. The van der Waals surface area contributed by atoms with Crippen LogP contribution in [0, 0.1) is 0 Å².